The number of methoxy groups -OCH3 is 1. The third-order valence-corrected chi connectivity index (χ3v) is 5.71. The Balaban J connectivity index is 1.67. The first-order valence-corrected chi connectivity index (χ1v) is 10.2. The number of rotatable bonds is 4. The van der Waals surface area contributed by atoms with E-state index in [0.717, 1.165) is 18.4 Å². The molecule has 1 aromatic rings. The summed E-state index contributed by atoms with van der Waals surface area (Å²) >= 11 is 0. The number of nitrogens with one attached hydrogen (secondary N) is 2. The van der Waals surface area contributed by atoms with Gasteiger partial charge in [-0.3, -0.25) is 14.9 Å². The van der Waals surface area contributed by atoms with Gasteiger partial charge in [0.25, 0.3) is 5.91 Å². The zero-order valence-corrected chi connectivity index (χ0v) is 17.6. The van der Waals surface area contributed by atoms with Crippen LogP contribution in [0.25, 0.3) is 0 Å². The van der Waals surface area contributed by atoms with E-state index in [1.807, 2.05) is 12.1 Å². The molecule has 0 aliphatic carbocycles. The lowest BCUT2D eigenvalue weighted by Crippen LogP contribution is -2.50. The van der Waals surface area contributed by atoms with Crippen LogP contribution in [0.3, 0.4) is 0 Å². The molecule has 0 aromatic heterocycles. The van der Waals surface area contributed by atoms with Crippen LogP contribution in [0.1, 0.15) is 62.4 Å². The monoisotopic (exact) mass is 398 g/mol. The normalized spacial score (nSPS) is 24.2. The standard InChI is InChI=1S/C22H30N4O3/c1-22(2,3)16-9-5-8-15(19(16)29-4)20(27)25-18-11-10-17(24-18)21(28)26-12-6-7-14(26)13-23/h5,8-9,14,17-18,24H,6-7,10-12H2,1-4H3,(H,25,27)/t14-,17-,18+/m0/s1. The number of carbonyl (C=O) groups excluding carboxylic acids is 2. The van der Waals surface area contributed by atoms with Crippen molar-refractivity contribution in [2.45, 2.75) is 70.1 Å². The van der Waals surface area contributed by atoms with E-state index in [1.165, 1.54) is 0 Å². The summed E-state index contributed by atoms with van der Waals surface area (Å²) in [7, 11) is 1.57. The Morgan fingerprint density at radius 2 is 2.03 bits per heavy atom. The third kappa shape index (κ3) is 4.38. The van der Waals surface area contributed by atoms with Crippen LogP contribution in [0.15, 0.2) is 18.2 Å². The average molecular weight is 399 g/mol. The maximum absolute atomic E-state index is 12.9. The van der Waals surface area contributed by atoms with Crippen molar-refractivity contribution < 1.29 is 14.3 Å². The van der Waals surface area contributed by atoms with Gasteiger partial charge in [0.1, 0.15) is 11.8 Å². The molecule has 0 spiro atoms. The second-order valence-corrected chi connectivity index (χ2v) is 8.78. The summed E-state index contributed by atoms with van der Waals surface area (Å²) in [6.45, 7) is 6.86. The van der Waals surface area contributed by atoms with E-state index >= 15 is 0 Å². The maximum atomic E-state index is 12.9. The second kappa shape index (κ2) is 8.42. The lowest BCUT2D eigenvalue weighted by atomic mass is 9.85. The van der Waals surface area contributed by atoms with Gasteiger partial charge in [0.2, 0.25) is 5.91 Å². The smallest absolute Gasteiger partial charge is 0.256 e. The van der Waals surface area contributed by atoms with E-state index in [-0.39, 0.29) is 35.5 Å². The number of hydrogen-bond donors (Lipinski definition) is 2. The van der Waals surface area contributed by atoms with Crippen LogP contribution in [0.2, 0.25) is 0 Å². The highest BCUT2D eigenvalue weighted by atomic mass is 16.5. The molecule has 2 aliphatic rings. The molecule has 2 heterocycles. The van der Waals surface area contributed by atoms with E-state index in [4.69, 9.17) is 4.74 Å². The van der Waals surface area contributed by atoms with Gasteiger partial charge in [-0.15, -0.1) is 0 Å². The predicted molar refractivity (Wildman–Crippen MR) is 109 cm³/mol. The van der Waals surface area contributed by atoms with E-state index in [2.05, 4.69) is 37.5 Å². The van der Waals surface area contributed by atoms with Crippen molar-refractivity contribution in [2.24, 2.45) is 0 Å². The van der Waals surface area contributed by atoms with Crippen LogP contribution in [-0.2, 0) is 10.2 Å². The minimum atomic E-state index is -0.364. The maximum Gasteiger partial charge on any atom is 0.256 e. The summed E-state index contributed by atoms with van der Waals surface area (Å²) in [5.41, 5.74) is 1.30. The largest absolute Gasteiger partial charge is 0.496 e. The molecule has 0 unspecified atom stereocenters. The number of carbonyl (C=O) groups is 2. The van der Waals surface area contributed by atoms with Crippen LogP contribution in [0, 0.1) is 11.3 Å². The molecule has 3 atom stereocenters. The van der Waals surface area contributed by atoms with Crippen molar-refractivity contribution in [3.8, 4) is 11.8 Å². The van der Waals surface area contributed by atoms with Gasteiger partial charge in [0.05, 0.1) is 31.0 Å². The van der Waals surface area contributed by atoms with Crippen molar-refractivity contribution in [3.63, 3.8) is 0 Å². The van der Waals surface area contributed by atoms with Gasteiger partial charge >= 0.3 is 0 Å². The summed E-state index contributed by atoms with van der Waals surface area (Å²) in [4.78, 5) is 27.3. The van der Waals surface area contributed by atoms with Crippen LogP contribution in [0.4, 0.5) is 0 Å². The van der Waals surface area contributed by atoms with E-state index < -0.39 is 0 Å². The number of benzene rings is 1. The number of likely N-dealkylation sites (tertiary alicyclic amines) is 1. The molecule has 156 valence electrons. The van der Waals surface area contributed by atoms with Gasteiger partial charge in [0.15, 0.2) is 0 Å². The molecule has 2 amide bonds. The SMILES string of the molecule is COc1c(C(=O)N[C@@H]2CC[C@@H](C(=O)N3CCC[C@H]3C#N)N2)cccc1C(C)(C)C. The highest BCUT2D eigenvalue weighted by Crippen LogP contribution is 2.34. The fraction of sp³-hybridized carbons (Fsp3) is 0.591. The van der Waals surface area contributed by atoms with Gasteiger partial charge in [0, 0.05) is 12.1 Å². The van der Waals surface area contributed by atoms with Gasteiger partial charge < -0.3 is 15.0 Å². The number of amides is 2. The number of hydrogen-bond acceptors (Lipinski definition) is 5. The zero-order valence-electron chi connectivity index (χ0n) is 17.6. The first-order chi connectivity index (χ1) is 13.8. The van der Waals surface area contributed by atoms with Gasteiger partial charge in [-0.2, -0.15) is 5.26 Å². The Morgan fingerprint density at radius 1 is 1.28 bits per heavy atom. The highest BCUT2D eigenvalue weighted by Gasteiger charge is 2.37. The topological polar surface area (TPSA) is 94.5 Å². The van der Waals surface area contributed by atoms with Gasteiger partial charge in [-0.05, 0) is 37.2 Å². The number of nitrogens with zero attached hydrogens (tertiary/aromatic N) is 2. The Morgan fingerprint density at radius 3 is 2.69 bits per heavy atom. The minimum absolute atomic E-state index is 0.0434. The molecular weight excluding hydrogens is 368 g/mol. The molecule has 2 saturated heterocycles. The fourth-order valence-corrected chi connectivity index (χ4v) is 4.18. The quantitative estimate of drug-likeness (QED) is 0.812. The Bertz CT molecular complexity index is 824. The van der Waals surface area contributed by atoms with Crippen molar-refractivity contribution in [1.82, 2.24) is 15.5 Å². The Kier molecular flexibility index (Phi) is 6.13. The lowest BCUT2D eigenvalue weighted by molar-refractivity contribution is -0.133. The minimum Gasteiger partial charge on any atom is -0.496 e. The predicted octanol–water partition coefficient (Wildman–Crippen LogP) is 2.32. The summed E-state index contributed by atoms with van der Waals surface area (Å²) in [5, 5.41) is 15.4. The fourth-order valence-electron chi connectivity index (χ4n) is 4.18. The van der Waals surface area contributed by atoms with E-state index in [9.17, 15) is 14.9 Å². The van der Waals surface area contributed by atoms with Gasteiger partial charge in [-0.1, -0.05) is 32.9 Å². The van der Waals surface area contributed by atoms with E-state index in [1.54, 1.807) is 18.1 Å². The Hall–Kier alpha value is -2.59. The molecule has 0 radical (unpaired) electrons. The van der Waals surface area contributed by atoms with Crippen LogP contribution in [-0.4, -0.2) is 48.6 Å². The molecule has 7 nitrogen and oxygen atoms in total. The highest BCUT2D eigenvalue weighted by molar-refractivity contribution is 5.97. The molecule has 0 bridgehead atoms. The molecule has 2 aliphatic heterocycles. The van der Waals surface area contributed by atoms with E-state index in [0.29, 0.717) is 30.7 Å². The number of para-hydroxylation sites is 1. The molecule has 7 heteroatoms. The van der Waals surface area contributed by atoms with Crippen LogP contribution >= 0.6 is 0 Å². The third-order valence-electron chi connectivity index (χ3n) is 5.71. The molecule has 29 heavy (non-hydrogen) atoms. The second-order valence-electron chi connectivity index (χ2n) is 8.78. The Labute approximate surface area is 172 Å². The molecule has 0 saturated carbocycles. The molecule has 1 aromatic carbocycles. The van der Waals surface area contributed by atoms with Crippen LogP contribution in [0.5, 0.6) is 5.75 Å². The molecular formula is C22H30N4O3. The van der Waals surface area contributed by atoms with Crippen LogP contribution < -0.4 is 15.4 Å². The average Bonchev–Trinajstić information content (AvgIpc) is 3.35. The molecule has 3 rings (SSSR count). The first kappa shape index (κ1) is 21.1. The summed E-state index contributed by atoms with van der Waals surface area (Å²) in [6.07, 6.45) is 2.61. The molecule has 2 fully saturated rings. The van der Waals surface area contributed by atoms with Crippen molar-refractivity contribution in [1.29, 1.82) is 5.26 Å². The number of nitriles is 1. The van der Waals surface area contributed by atoms with Crippen molar-refractivity contribution >= 4 is 11.8 Å². The zero-order chi connectivity index (χ0) is 21.2. The van der Waals surface area contributed by atoms with Crippen molar-refractivity contribution in [2.75, 3.05) is 13.7 Å². The van der Waals surface area contributed by atoms with Gasteiger partial charge in [-0.25, -0.2) is 0 Å². The summed E-state index contributed by atoms with van der Waals surface area (Å²) in [6, 6.07) is 7.10. The first-order valence-electron chi connectivity index (χ1n) is 10.2. The lowest BCUT2D eigenvalue weighted by Gasteiger charge is -2.25. The number of ether oxygens (including phenoxy) is 1. The van der Waals surface area contributed by atoms with Crippen molar-refractivity contribution in [3.05, 3.63) is 29.3 Å². The summed E-state index contributed by atoms with van der Waals surface area (Å²) < 4.78 is 5.57. The molecule has 2 N–H and O–H groups in total. The summed E-state index contributed by atoms with van der Waals surface area (Å²) in [5.74, 6) is 0.310.